The van der Waals surface area contributed by atoms with Crippen LogP contribution in [0.4, 0.5) is 5.00 Å². The van der Waals surface area contributed by atoms with E-state index in [1.165, 1.54) is 18.4 Å². The van der Waals surface area contributed by atoms with E-state index in [9.17, 15) is 9.59 Å². The first-order valence-electron chi connectivity index (χ1n) is 7.46. The third-order valence-electron chi connectivity index (χ3n) is 3.82. The lowest BCUT2D eigenvalue weighted by atomic mass is 10.2. The normalized spacial score (nSPS) is 10.9. The summed E-state index contributed by atoms with van der Waals surface area (Å²) in [7, 11) is 5.10. The fraction of sp³-hybridized carbons (Fsp3) is 0.438. The zero-order chi connectivity index (χ0) is 17.9. The predicted molar refractivity (Wildman–Crippen MR) is 93.3 cm³/mol. The SMILES string of the molecule is COC(=O)c1ccsc1NC(=O)CN(C)Cc1c(C)nn(C)c1C. The molecule has 0 aromatic carbocycles. The number of thiophene rings is 1. The number of methoxy groups -OCH3 is 1. The molecule has 0 aliphatic rings. The van der Waals surface area contributed by atoms with Crippen LogP contribution in [0.1, 0.15) is 27.3 Å². The molecule has 2 aromatic heterocycles. The molecule has 8 heteroatoms. The standard InChI is InChI=1S/C16H22N4O3S/c1-10-13(11(2)20(4)18-10)8-19(3)9-14(21)17-15-12(6-7-24-15)16(22)23-5/h6-7H,8-9H2,1-5H3,(H,17,21). The van der Waals surface area contributed by atoms with Crippen molar-refractivity contribution in [3.8, 4) is 0 Å². The van der Waals surface area contributed by atoms with Gasteiger partial charge in [0.15, 0.2) is 0 Å². The third kappa shape index (κ3) is 4.01. The number of anilines is 1. The number of carbonyl (C=O) groups excluding carboxylic acids is 2. The van der Waals surface area contributed by atoms with Crippen molar-refractivity contribution >= 4 is 28.2 Å². The molecule has 2 heterocycles. The largest absolute Gasteiger partial charge is 0.465 e. The highest BCUT2D eigenvalue weighted by molar-refractivity contribution is 7.14. The Morgan fingerprint density at radius 2 is 2.12 bits per heavy atom. The van der Waals surface area contributed by atoms with Crippen molar-refractivity contribution in [1.29, 1.82) is 0 Å². The Kier molecular flexibility index (Phi) is 5.74. The van der Waals surface area contributed by atoms with Crippen LogP contribution in [0.2, 0.25) is 0 Å². The number of nitrogens with zero attached hydrogens (tertiary/aromatic N) is 3. The number of hydrogen-bond acceptors (Lipinski definition) is 6. The Balaban J connectivity index is 1.97. The number of aryl methyl sites for hydroxylation is 2. The zero-order valence-electron chi connectivity index (χ0n) is 14.5. The summed E-state index contributed by atoms with van der Waals surface area (Å²) in [5.74, 6) is -0.634. The van der Waals surface area contributed by atoms with Crippen molar-refractivity contribution in [3.63, 3.8) is 0 Å². The number of nitrogens with one attached hydrogen (secondary N) is 1. The van der Waals surface area contributed by atoms with Gasteiger partial charge in [-0.05, 0) is 32.3 Å². The maximum absolute atomic E-state index is 12.2. The number of carbonyl (C=O) groups is 2. The van der Waals surface area contributed by atoms with Crippen LogP contribution in [0.25, 0.3) is 0 Å². The van der Waals surface area contributed by atoms with Crippen LogP contribution in [0.3, 0.4) is 0 Å². The molecule has 0 atom stereocenters. The van der Waals surface area contributed by atoms with Crippen molar-refractivity contribution in [2.45, 2.75) is 20.4 Å². The topological polar surface area (TPSA) is 76.5 Å². The van der Waals surface area contributed by atoms with Crippen LogP contribution in [0.15, 0.2) is 11.4 Å². The maximum Gasteiger partial charge on any atom is 0.340 e. The Hall–Kier alpha value is -2.19. The molecule has 2 rings (SSSR count). The van der Waals surface area contributed by atoms with Crippen molar-refractivity contribution in [3.05, 3.63) is 34.0 Å². The molecule has 0 unspecified atom stereocenters. The van der Waals surface area contributed by atoms with Crippen LogP contribution in [0, 0.1) is 13.8 Å². The van der Waals surface area contributed by atoms with Crippen molar-refractivity contribution in [2.75, 3.05) is 26.0 Å². The number of esters is 1. The fourth-order valence-electron chi connectivity index (χ4n) is 2.46. The second-order valence-corrected chi connectivity index (χ2v) is 6.56. The Morgan fingerprint density at radius 1 is 1.42 bits per heavy atom. The van der Waals surface area contributed by atoms with Gasteiger partial charge in [0.25, 0.3) is 0 Å². The van der Waals surface area contributed by atoms with Crippen molar-refractivity contribution < 1.29 is 14.3 Å². The number of amides is 1. The van der Waals surface area contributed by atoms with Gasteiger partial charge in [-0.15, -0.1) is 11.3 Å². The molecule has 1 N–H and O–H groups in total. The lowest BCUT2D eigenvalue weighted by molar-refractivity contribution is -0.117. The second kappa shape index (κ2) is 7.59. The molecule has 130 valence electrons. The second-order valence-electron chi connectivity index (χ2n) is 5.65. The van der Waals surface area contributed by atoms with Crippen LogP contribution < -0.4 is 5.32 Å². The lowest BCUT2D eigenvalue weighted by Gasteiger charge is -2.16. The van der Waals surface area contributed by atoms with Crippen LogP contribution in [-0.4, -0.2) is 47.3 Å². The van der Waals surface area contributed by atoms with Gasteiger partial charge in [0.2, 0.25) is 5.91 Å². The molecule has 7 nitrogen and oxygen atoms in total. The molecule has 0 aliphatic carbocycles. The fourth-order valence-corrected chi connectivity index (χ4v) is 3.25. The van der Waals surface area contributed by atoms with Gasteiger partial charge >= 0.3 is 5.97 Å². The quantitative estimate of drug-likeness (QED) is 0.806. The third-order valence-corrected chi connectivity index (χ3v) is 4.65. The molecular formula is C16H22N4O3S. The summed E-state index contributed by atoms with van der Waals surface area (Å²) in [5.41, 5.74) is 3.55. The summed E-state index contributed by atoms with van der Waals surface area (Å²) in [6.07, 6.45) is 0. The minimum Gasteiger partial charge on any atom is -0.465 e. The van der Waals surface area contributed by atoms with E-state index in [1.807, 2.05) is 37.5 Å². The summed E-state index contributed by atoms with van der Waals surface area (Å²) >= 11 is 1.30. The number of likely N-dealkylation sites (N-methyl/N-ethyl adjacent to an activating group) is 1. The lowest BCUT2D eigenvalue weighted by Crippen LogP contribution is -2.30. The number of rotatable bonds is 6. The highest BCUT2D eigenvalue weighted by Crippen LogP contribution is 2.24. The first kappa shape index (κ1) is 18.2. The van der Waals surface area contributed by atoms with Crippen LogP contribution >= 0.6 is 11.3 Å². The van der Waals surface area contributed by atoms with E-state index in [-0.39, 0.29) is 12.5 Å². The Labute approximate surface area is 145 Å². The summed E-state index contributed by atoms with van der Waals surface area (Å²) in [6, 6.07) is 1.64. The number of aromatic nitrogens is 2. The Morgan fingerprint density at radius 3 is 2.71 bits per heavy atom. The van der Waals surface area contributed by atoms with Gasteiger partial charge in [-0.2, -0.15) is 5.10 Å². The van der Waals surface area contributed by atoms with Crippen molar-refractivity contribution in [2.24, 2.45) is 7.05 Å². The smallest absolute Gasteiger partial charge is 0.340 e. The van der Waals surface area contributed by atoms with Gasteiger partial charge in [-0.1, -0.05) is 0 Å². The molecule has 0 spiro atoms. The molecule has 0 aliphatic heterocycles. The van der Waals surface area contributed by atoms with Crippen LogP contribution in [-0.2, 0) is 23.1 Å². The summed E-state index contributed by atoms with van der Waals surface area (Å²) in [6.45, 7) is 4.82. The van der Waals surface area contributed by atoms with E-state index < -0.39 is 5.97 Å². The zero-order valence-corrected chi connectivity index (χ0v) is 15.4. The minimum atomic E-state index is -0.457. The first-order chi connectivity index (χ1) is 11.3. The molecule has 0 bridgehead atoms. The number of hydrogen-bond donors (Lipinski definition) is 1. The van der Waals surface area contributed by atoms with Gasteiger partial charge in [0.05, 0.1) is 24.9 Å². The molecule has 0 saturated heterocycles. The average molecular weight is 350 g/mol. The minimum absolute atomic E-state index is 0.177. The van der Waals surface area contributed by atoms with E-state index >= 15 is 0 Å². The molecule has 24 heavy (non-hydrogen) atoms. The molecule has 1 amide bonds. The van der Waals surface area contributed by atoms with E-state index in [0.29, 0.717) is 17.1 Å². The van der Waals surface area contributed by atoms with E-state index in [4.69, 9.17) is 4.74 Å². The van der Waals surface area contributed by atoms with Crippen molar-refractivity contribution in [1.82, 2.24) is 14.7 Å². The molecule has 0 saturated carbocycles. The van der Waals surface area contributed by atoms with Crippen LogP contribution in [0.5, 0.6) is 0 Å². The van der Waals surface area contributed by atoms with Gasteiger partial charge in [0.1, 0.15) is 5.00 Å². The first-order valence-corrected chi connectivity index (χ1v) is 8.34. The predicted octanol–water partition coefficient (Wildman–Crippen LogP) is 1.96. The molecule has 2 aromatic rings. The van der Waals surface area contributed by atoms with E-state index in [1.54, 1.807) is 11.4 Å². The summed E-state index contributed by atoms with van der Waals surface area (Å²) < 4.78 is 6.54. The maximum atomic E-state index is 12.2. The van der Waals surface area contributed by atoms with Gasteiger partial charge < -0.3 is 10.1 Å². The van der Waals surface area contributed by atoms with Gasteiger partial charge in [0, 0.05) is 24.8 Å². The van der Waals surface area contributed by atoms with E-state index in [2.05, 4.69) is 10.4 Å². The summed E-state index contributed by atoms with van der Waals surface area (Å²) in [5, 5.41) is 9.41. The van der Waals surface area contributed by atoms with Gasteiger partial charge in [-0.25, -0.2) is 4.79 Å². The highest BCUT2D eigenvalue weighted by atomic mass is 32.1. The Bertz CT molecular complexity index is 751. The average Bonchev–Trinajstić information content (AvgIpc) is 3.06. The summed E-state index contributed by atoms with van der Waals surface area (Å²) in [4.78, 5) is 25.8. The molecule has 0 fully saturated rings. The monoisotopic (exact) mass is 350 g/mol. The molecule has 0 radical (unpaired) electrons. The van der Waals surface area contributed by atoms with E-state index in [0.717, 1.165) is 17.0 Å². The van der Waals surface area contributed by atoms with Gasteiger partial charge in [-0.3, -0.25) is 14.4 Å². The highest BCUT2D eigenvalue weighted by Gasteiger charge is 2.17. The number of ether oxygens (including phenoxy) is 1. The molecular weight excluding hydrogens is 328 g/mol.